The van der Waals surface area contributed by atoms with Crippen molar-refractivity contribution in [3.8, 4) is 17.3 Å². The van der Waals surface area contributed by atoms with E-state index >= 15 is 0 Å². The van der Waals surface area contributed by atoms with E-state index in [9.17, 15) is 4.79 Å². The number of nitrogens with zero attached hydrogens (tertiary/aromatic N) is 2. The smallest absolute Gasteiger partial charge is 0.217 e. The Hall–Kier alpha value is -2.72. The fourth-order valence-electron chi connectivity index (χ4n) is 2.19. The van der Waals surface area contributed by atoms with Crippen molar-refractivity contribution in [1.82, 2.24) is 9.97 Å². The van der Waals surface area contributed by atoms with Crippen LogP contribution in [0.3, 0.4) is 0 Å². The molecule has 0 radical (unpaired) electrons. The molecule has 1 aromatic heterocycles. The van der Waals surface area contributed by atoms with E-state index in [1.165, 1.54) is 0 Å². The Morgan fingerprint density at radius 1 is 1.04 bits per heavy atom. The molecule has 0 aliphatic heterocycles. The lowest BCUT2D eigenvalue weighted by Gasteiger charge is -2.08. The van der Waals surface area contributed by atoms with Crippen molar-refractivity contribution in [1.29, 1.82) is 0 Å². The first-order chi connectivity index (χ1) is 11.6. The maximum Gasteiger partial charge on any atom is 0.217 e. The first-order valence-corrected chi connectivity index (χ1v) is 7.82. The highest BCUT2D eigenvalue weighted by Gasteiger charge is 2.10. The number of Topliss-reactive ketones (excluding diaryl/α,β-unsaturated/α-hetero) is 1. The molecule has 3 aromatic rings. The Morgan fingerprint density at radius 3 is 2.46 bits per heavy atom. The van der Waals surface area contributed by atoms with Crippen LogP contribution in [0.25, 0.3) is 11.4 Å². The zero-order chi connectivity index (χ0) is 16.9. The molecular weight excluding hydrogens is 324 g/mol. The second-order valence-corrected chi connectivity index (χ2v) is 5.69. The van der Waals surface area contributed by atoms with Gasteiger partial charge in [0.1, 0.15) is 0 Å². The summed E-state index contributed by atoms with van der Waals surface area (Å²) in [5, 5.41) is 0.589. The highest BCUT2D eigenvalue weighted by molar-refractivity contribution is 6.30. The zero-order valence-electron chi connectivity index (χ0n) is 13.1. The molecule has 0 spiro atoms. The molecule has 5 heteroatoms. The Morgan fingerprint density at radius 2 is 1.75 bits per heavy atom. The Bertz CT molecular complexity index is 849. The largest absolute Gasteiger partial charge is 0.469 e. The first-order valence-electron chi connectivity index (χ1n) is 7.44. The molecule has 120 valence electrons. The fraction of sp³-hybridized carbons (Fsp3) is 0.105. The summed E-state index contributed by atoms with van der Waals surface area (Å²) < 4.78 is 5.56. The normalized spacial score (nSPS) is 10.4. The predicted octanol–water partition coefficient (Wildman–Crippen LogP) is 4.37. The number of hydrogen-bond acceptors (Lipinski definition) is 4. The van der Waals surface area contributed by atoms with Gasteiger partial charge in [-0.1, -0.05) is 41.9 Å². The molecule has 0 aliphatic carbocycles. The molecule has 4 nitrogen and oxygen atoms in total. The maximum atomic E-state index is 12.2. The molecular formula is C19H15ClN2O2. The molecule has 0 atom stereocenters. The number of ether oxygens (including phenoxy) is 1. The molecule has 0 fully saturated rings. The van der Waals surface area contributed by atoms with Gasteiger partial charge in [0.05, 0.1) is 0 Å². The van der Waals surface area contributed by atoms with E-state index in [0.717, 1.165) is 11.3 Å². The number of ketones is 1. The summed E-state index contributed by atoms with van der Waals surface area (Å²) in [7, 11) is 0. The van der Waals surface area contributed by atoms with Crippen LogP contribution in [0.15, 0.2) is 60.7 Å². The minimum atomic E-state index is -0.135. The van der Waals surface area contributed by atoms with Crippen LogP contribution < -0.4 is 4.74 Å². The molecule has 3 rings (SSSR count). The third-order valence-corrected chi connectivity index (χ3v) is 3.63. The lowest BCUT2D eigenvalue weighted by Crippen LogP contribution is -2.12. The summed E-state index contributed by atoms with van der Waals surface area (Å²) in [6.45, 7) is 1.77. The van der Waals surface area contributed by atoms with Gasteiger partial charge in [0.15, 0.2) is 18.2 Å². The molecule has 0 amide bonds. The molecule has 0 saturated carbocycles. The van der Waals surface area contributed by atoms with Crippen molar-refractivity contribution in [2.45, 2.75) is 6.92 Å². The minimum absolute atomic E-state index is 0.0910. The summed E-state index contributed by atoms with van der Waals surface area (Å²) in [6, 6.07) is 18.0. The van der Waals surface area contributed by atoms with Crippen LogP contribution in [-0.4, -0.2) is 22.4 Å². The summed E-state index contributed by atoms with van der Waals surface area (Å²) in [6.07, 6.45) is 0. The first kappa shape index (κ1) is 16.1. The van der Waals surface area contributed by atoms with Crippen molar-refractivity contribution in [2.24, 2.45) is 0 Å². The quantitative estimate of drug-likeness (QED) is 0.648. The molecule has 0 aliphatic rings. The van der Waals surface area contributed by atoms with Gasteiger partial charge in [0.2, 0.25) is 5.88 Å². The monoisotopic (exact) mass is 338 g/mol. The van der Waals surface area contributed by atoms with Crippen LogP contribution >= 0.6 is 11.6 Å². The molecule has 24 heavy (non-hydrogen) atoms. The standard InChI is InChI=1S/C19H15ClN2O2/c1-13-11-18(22-19(21-13)15-5-3-2-4-6-15)24-12-17(23)14-7-9-16(20)10-8-14/h2-11H,12H2,1H3. The SMILES string of the molecule is Cc1cc(OCC(=O)c2ccc(Cl)cc2)nc(-c2ccccc2)n1. The van der Waals surface area contributed by atoms with E-state index in [-0.39, 0.29) is 12.4 Å². The van der Waals surface area contributed by atoms with Crippen molar-refractivity contribution in [3.63, 3.8) is 0 Å². The number of carbonyl (C=O) groups excluding carboxylic acids is 1. The number of benzene rings is 2. The van der Waals surface area contributed by atoms with Crippen LogP contribution in [0, 0.1) is 6.92 Å². The summed E-state index contributed by atoms with van der Waals surface area (Å²) >= 11 is 5.82. The highest BCUT2D eigenvalue weighted by atomic mass is 35.5. The van der Waals surface area contributed by atoms with E-state index in [1.807, 2.05) is 37.3 Å². The fourth-order valence-corrected chi connectivity index (χ4v) is 2.31. The number of aryl methyl sites for hydroxylation is 1. The Kier molecular flexibility index (Phi) is 4.87. The van der Waals surface area contributed by atoms with Crippen molar-refractivity contribution < 1.29 is 9.53 Å². The Balaban J connectivity index is 1.74. The van der Waals surface area contributed by atoms with Gasteiger partial charge in [-0.15, -0.1) is 0 Å². The van der Waals surface area contributed by atoms with Crippen molar-refractivity contribution in [3.05, 3.63) is 76.9 Å². The average Bonchev–Trinajstić information content (AvgIpc) is 2.60. The van der Waals surface area contributed by atoms with Crippen LogP contribution in [0.1, 0.15) is 16.1 Å². The number of hydrogen-bond donors (Lipinski definition) is 0. The van der Waals surface area contributed by atoms with Gasteiger partial charge in [0, 0.05) is 27.9 Å². The topological polar surface area (TPSA) is 52.1 Å². The maximum absolute atomic E-state index is 12.2. The molecule has 2 aromatic carbocycles. The molecule has 1 heterocycles. The van der Waals surface area contributed by atoms with Gasteiger partial charge in [-0.25, -0.2) is 4.98 Å². The van der Waals surface area contributed by atoms with Gasteiger partial charge in [-0.3, -0.25) is 4.79 Å². The molecule has 0 bridgehead atoms. The van der Waals surface area contributed by atoms with Gasteiger partial charge < -0.3 is 4.74 Å². The third-order valence-electron chi connectivity index (χ3n) is 3.38. The van der Waals surface area contributed by atoms with Crippen LogP contribution in [0.2, 0.25) is 5.02 Å². The average molecular weight is 339 g/mol. The summed E-state index contributed by atoms with van der Waals surface area (Å²) in [4.78, 5) is 20.9. The second kappa shape index (κ2) is 7.23. The lowest BCUT2D eigenvalue weighted by atomic mass is 10.1. The predicted molar refractivity (Wildman–Crippen MR) is 93.5 cm³/mol. The summed E-state index contributed by atoms with van der Waals surface area (Å²) in [5.41, 5.74) is 2.22. The van der Waals surface area contributed by atoms with Crippen molar-refractivity contribution >= 4 is 17.4 Å². The molecule has 0 unspecified atom stereocenters. The summed E-state index contributed by atoms with van der Waals surface area (Å²) in [5.74, 6) is 0.817. The van der Waals surface area contributed by atoms with E-state index < -0.39 is 0 Å². The number of carbonyl (C=O) groups is 1. The number of rotatable bonds is 5. The third kappa shape index (κ3) is 3.97. The highest BCUT2D eigenvalue weighted by Crippen LogP contribution is 2.19. The van der Waals surface area contributed by atoms with Gasteiger partial charge in [0.25, 0.3) is 0 Å². The van der Waals surface area contributed by atoms with Crippen LogP contribution in [0.5, 0.6) is 5.88 Å². The number of halogens is 1. The van der Waals surface area contributed by atoms with Crippen LogP contribution in [-0.2, 0) is 0 Å². The second-order valence-electron chi connectivity index (χ2n) is 5.26. The van der Waals surface area contributed by atoms with E-state index in [4.69, 9.17) is 16.3 Å². The van der Waals surface area contributed by atoms with E-state index in [0.29, 0.717) is 22.3 Å². The van der Waals surface area contributed by atoms with Crippen LogP contribution in [0.4, 0.5) is 0 Å². The van der Waals surface area contributed by atoms with Gasteiger partial charge in [-0.05, 0) is 31.2 Å². The minimum Gasteiger partial charge on any atom is -0.469 e. The zero-order valence-corrected chi connectivity index (χ0v) is 13.8. The lowest BCUT2D eigenvalue weighted by molar-refractivity contribution is 0.0918. The van der Waals surface area contributed by atoms with E-state index in [2.05, 4.69) is 9.97 Å². The molecule has 0 N–H and O–H groups in total. The van der Waals surface area contributed by atoms with E-state index in [1.54, 1.807) is 30.3 Å². The van der Waals surface area contributed by atoms with Crippen molar-refractivity contribution in [2.75, 3.05) is 6.61 Å². The Labute approximate surface area is 145 Å². The number of aromatic nitrogens is 2. The van der Waals surface area contributed by atoms with Gasteiger partial charge in [-0.2, -0.15) is 4.98 Å². The van der Waals surface area contributed by atoms with Gasteiger partial charge >= 0.3 is 0 Å². The molecule has 0 saturated heterocycles.